The van der Waals surface area contributed by atoms with Crippen LogP contribution in [0.25, 0.3) is 0 Å². The maximum atomic E-state index is 12.1. The number of carbonyl (C=O) groups is 1. The standard InChI is InChI=1S/C15H25N5O/c1-12(2)18(3)15(21)11-19-6-8-20(9-7-19)14-5-4-13(16)10-17-14/h4-5,10,12H,6-9,11,16H2,1-3H3. The minimum atomic E-state index is 0.184. The lowest BCUT2D eigenvalue weighted by Gasteiger charge is -2.36. The largest absolute Gasteiger partial charge is 0.397 e. The summed E-state index contributed by atoms with van der Waals surface area (Å²) in [5.41, 5.74) is 6.33. The summed E-state index contributed by atoms with van der Waals surface area (Å²) < 4.78 is 0. The number of nitrogens with two attached hydrogens (primary N) is 1. The van der Waals surface area contributed by atoms with Gasteiger partial charge in [0.1, 0.15) is 5.82 Å². The topological polar surface area (TPSA) is 65.7 Å². The maximum absolute atomic E-state index is 12.1. The van der Waals surface area contributed by atoms with Crippen LogP contribution in [0.5, 0.6) is 0 Å². The minimum absolute atomic E-state index is 0.184. The molecule has 0 aliphatic carbocycles. The zero-order valence-electron chi connectivity index (χ0n) is 13.1. The summed E-state index contributed by atoms with van der Waals surface area (Å²) in [6.45, 7) is 8.08. The van der Waals surface area contributed by atoms with Gasteiger partial charge in [-0.15, -0.1) is 0 Å². The predicted molar refractivity (Wildman–Crippen MR) is 85.2 cm³/mol. The first-order chi connectivity index (χ1) is 9.97. The van der Waals surface area contributed by atoms with Crippen LogP contribution in [0.1, 0.15) is 13.8 Å². The van der Waals surface area contributed by atoms with Crippen molar-refractivity contribution in [2.45, 2.75) is 19.9 Å². The molecule has 1 amide bonds. The molecule has 1 fully saturated rings. The number of aromatic nitrogens is 1. The second-order valence-electron chi connectivity index (χ2n) is 5.81. The van der Waals surface area contributed by atoms with Crippen LogP contribution in [0.2, 0.25) is 0 Å². The first-order valence-corrected chi connectivity index (χ1v) is 7.42. The molecule has 0 bridgehead atoms. The van der Waals surface area contributed by atoms with Crippen molar-refractivity contribution in [1.82, 2.24) is 14.8 Å². The fraction of sp³-hybridized carbons (Fsp3) is 0.600. The monoisotopic (exact) mass is 291 g/mol. The van der Waals surface area contributed by atoms with Crippen LogP contribution in [0.4, 0.5) is 11.5 Å². The molecule has 2 rings (SSSR count). The summed E-state index contributed by atoms with van der Waals surface area (Å²) in [6.07, 6.45) is 1.68. The fourth-order valence-corrected chi connectivity index (χ4v) is 2.31. The molecular formula is C15H25N5O. The highest BCUT2D eigenvalue weighted by atomic mass is 16.2. The van der Waals surface area contributed by atoms with Gasteiger partial charge >= 0.3 is 0 Å². The number of hydrogen-bond donors (Lipinski definition) is 1. The molecule has 2 heterocycles. The summed E-state index contributed by atoms with van der Waals surface area (Å²) in [5, 5.41) is 0. The van der Waals surface area contributed by atoms with Gasteiger partial charge < -0.3 is 15.5 Å². The fourth-order valence-electron chi connectivity index (χ4n) is 2.31. The van der Waals surface area contributed by atoms with Gasteiger partial charge in [0.05, 0.1) is 18.4 Å². The van der Waals surface area contributed by atoms with Gasteiger partial charge in [-0.25, -0.2) is 4.98 Å². The third kappa shape index (κ3) is 4.07. The second kappa shape index (κ2) is 6.76. The zero-order valence-corrected chi connectivity index (χ0v) is 13.1. The van der Waals surface area contributed by atoms with Crippen molar-refractivity contribution in [2.75, 3.05) is 50.4 Å². The summed E-state index contributed by atoms with van der Waals surface area (Å²) in [6, 6.07) is 4.07. The van der Waals surface area contributed by atoms with Gasteiger partial charge in [0.25, 0.3) is 0 Å². The van der Waals surface area contributed by atoms with Crippen molar-refractivity contribution in [2.24, 2.45) is 0 Å². The van der Waals surface area contributed by atoms with E-state index in [2.05, 4.69) is 14.8 Å². The summed E-state index contributed by atoms with van der Waals surface area (Å²) >= 11 is 0. The maximum Gasteiger partial charge on any atom is 0.236 e. The number of rotatable bonds is 4. The Labute approximate surface area is 126 Å². The van der Waals surface area contributed by atoms with Gasteiger partial charge in [0.15, 0.2) is 0 Å². The highest BCUT2D eigenvalue weighted by Crippen LogP contribution is 2.14. The highest BCUT2D eigenvalue weighted by molar-refractivity contribution is 5.78. The summed E-state index contributed by atoms with van der Waals surface area (Å²) in [7, 11) is 1.86. The van der Waals surface area contributed by atoms with Crippen molar-refractivity contribution < 1.29 is 4.79 Å². The van der Waals surface area contributed by atoms with Gasteiger partial charge in [0, 0.05) is 39.3 Å². The van der Waals surface area contributed by atoms with E-state index in [1.165, 1.54) is 0 Å². The predicted octanol–water partition coefficient (Wildman–Crippen LogP) is 0.653. The number of piperazine rings is 1. The van der Waals surface area contributed by atoms with Crippen LogP contribution in [0, 0.1) is 0 Å². The van der Waals surface area contributed by atoms with E-state index < -0.39 is 0 Å². The van der Waals surface area contributed by atoms with Crippen LogP contribution in [0.15, 0.2) is 18.3 Å². The molecule has 21 heavy (non-hydrogen) atoms. The highest BCUT2D eigenvalue weighted by Gasteiger charge is 2.21. The number of anilines is 2. The SMILES string of the molecule is CC(C)N(C)C(=O)CN1CCN(c2ccc(N)cn2)CC1. The molecule has 1 aromatic heterocycles. The molecular weight excluding hydrogens is 266 g/mol. The first kappa shape index (κ1) is 15.6. The molecule has 1 saturated heterocycles. The number of hydrogen-bond acceptors (Lipinski definition) is 5. The van der Waals surface area contributed by atoms with Gasteiger partial charge in [0.2, 0.25) is 5.91 Å². The third-order valence-electron chi connectivity index (χ3n) is 3.99. The normalized spacial score (nSPS) is 16.3. The van der Waals surface area contributed by atoms with Gasteiger partial charge in [-0.1, -0.05) is 0 Å². The van der Waals surface area contributed by atoms with E-state index >= 15 is 0 Å². The van der Waals surface area contributed by atoms with E-state index in [9.17, 15) is 4.79 Å². The summed E-state index contributed by atoms with van der Waals surface area (Å²) in [4.78, 5) is 22.7. The van der Waals surface area contributed by atoms with E-state index in [1.54, 1.807) is 11.1 Å². The Balaban J connectivity index is 1.83. The molecule has 6 heteroatoms. The van der Waals surface area contributed by atoms with Crippen LogP contribution >= 0.6 is 0 Å². The summed E-state index contributed by atoms with van der Waals surface area (Å²) in [5.74, 6) is 1.14. The van der Waals surface area contributed by atoms with Crippen LogP contribution in [-0.2, 0) is 4.79 Å². The molecule has 116 valence electrons. The van der Waals surface area contributed by atoms with Crippen molar-refractivity contribution >= 4 is 17.4 Å². The number of pyridine rings is 1. The lowest BCUT2D eigenvalue weighted by Crippen LogP contribution is -2.50. The van der Waals surface area contributed by atoms with Gasteiger partial charge in [-0.05, 0) is 26.0 Å². The lowest BCUT2D eigenvalue weighted by atomic mass is 10.2. The first-order valence-electron chi connectivity index (χ1n) is 7.42. The van der Waals surface area contributed by atoms with E-state index in [0.717, 1.165) is 32.0 Å². The molecule has 0 aromatic carbocycles. The van der Waals surface area contributed by atoms with Gasteiger partial charge in [-0.3, -0.25) is 9.69 Å². The molecule has 1 aliphatic rings. The number of amides is 1. The van der Waals surface area contributed by atoms with E-state index in [0.29, 0.717) is 12.2 Å². The molecule has 2 N–H and O–H groups in total. The van der Waals surface area contributed by atoms with Gasteiger partial charge in [-0.2, -0.15) is 0 Å². The van der Waals surface area contributed by atoms with Crippen LogP contribution < -0.4 is 10.6 Å². The average Bonchev–Trinajstić information content (AvgIpc) is 2.48. The van der Waals surface area contributed by atoms with E-state index in [-0.39, 0.29) is 11.9 Å². The molecule has 1 aliphatic heterocycles. The molecule has 0 atom stereocenters. The Morgan fingerprint density at radius 1 is 1.33 bits per heavy atom. The minimum Gasteiger partial charge on any atom is -0.397 e. The van der Waals surface area contributed by atoms with Crippen molar-refractivity contribution in [3.8, 4) is 0 Å². The van der Waals surface area contributed by atoms with Crippen LogP contribution in [-0.4, -0.2) is 66.5 Å². The van der Waals surface area contributed by atoms with Crippen LogP contribution in [0.3, 0.4) is 0 Å². The van der Waals surface area contributed by atoms with E-state index in [4.69, 9.17) is 5.73 Å². The zero-order chi connectivity index (χ0) is 15.4. The lowest BCUT2D eigenvalue weighted by molar-refractivity contribution is -0.132. The Kier molecular flexibility index (Phi) is 5.01. The molecule has 0 radical (unpaired) electrons. The average molecular weight is 291 g/mol. The molecule has 0 spiro atoms. The van der Waals surface area contributed by atoms with E-state index in [1.807, 2.05) is 33.0 Å². The van der Waals surface area contributed by atoms with Crippen molar-refractivity contribution in [3.05, 3.63) is 18.3 Å². The Hall–Kier alpha value is -1.82. The quantitative estimate of drug-likeness (QED) is 0.882. The number of nitrogens with zero attached hydrogens (tertiary/aromatic N) is 4. The third-order valence-corrected chi connectivity index (χ3v) is 3.99. The molecule has 1 aromatic rings. The molecule has 0 saturated carbocycles. The molecule has 0 unspecified atom stereocenters. The molecule has 6 nitrogen and oxygen atoms in total. The number of likely N-dealkylation sites (N-methyl/N-ethyl adjacent to an activating group) is 1. The smallest absolute Gasteiger partial charge is 0.236 e. The Morgan fingerprint density at radius 2 is 2.00 bits per heavy atom. The Bertz CT molecular complexity index is 465. The second-order valence-corrected chi connectivity index (χ2v) is 5.81. The Morgan fingerprint density at radius 3 is 2.52 bits per heavy atom. The number of carbonyl (C=O) groups excluding carboxylic acids is 1. The number of nitrogen functional groups attached to an aromatic ring is 1. The van der Waals surface area contributed by atoms with Crippen molar-refractivity contribution in [1.29, 1.82) is 0 Å². The van der Waals surface area contributed by atoms with Crippen molar-refractivity contribution in [3.63, 3.8) is 0 Å².